The third-order valence-electron chi connectivity index (χ3n) is 2.40. The predicted octanol–water partition coefficient (Wildman–Crippen LogP) is 4.27. The average Bonchev–Trinajstić information content (AvgIpc) is 2.43. The van der Waals surface area contributed by atoms with Crippen molar-refractivity contribution >= 4 is 50.7 Å². The maximum Gasteiger partial charge on any atom is 0.258 e. The Kier molecular flexibility index (Phi) is 4.61. The molecular formula is C13H6BrCl2N3O. The van der Waals surface area contributed by atoms with Gasteiger partial charge in [-0.15, -0.1) is 0 Å². The highest BCUT2D eigenvalue weighted by Crippen LogP contribution is 2.25. The van der Waals surface area contributed by atoms with E-state index in [-0.39, 0.29) is 15.7 Å². The van der Waals surface area contributed by atoms with Crippen molar-refractivity contribution in [1.82, 2.24) is 4.98 Å². The second-order valence-electron chi connectivity index (χ2n) is 3.75. The van der Waals surface area contributed by atoms with Crippen molar-refractivity contribution in [3.05, 3.63) is 56.2 Å². The maximum atomic E-state index is 12.1. The van der Waals surface area contributed by atoms with Crippen LogP contribution < -0.4 is 5.32 Å². The molecule has 4 nitrogen and oxygen atoms in total. The van der Waals surface area contributed by atoms with Gasteiger partial charge in [0.1, 0.15) is 5.15 Å². The molecule has 100 valence electrons. The van der Waals surface area contributed by atoms with E-state index >= 15 is 0 Å². The third-order valence-corrected chi connectivity index (χ3v) is 3.44. The molecule has 0 atom stereocenters. The van der Waals surface area contributed by atoms with Crippen LogP contribution in [0.1, 0.15) is 15.9 Å². The smallest absolute Gasteiger partial charge is 0.258 e. The fourth-order valence-electron chi connectivity index (χ4n) is 1.46. The zero-order chi connectivity index (χ0) is 14.7. The number of carbonyl (C=O) groups excluding carboxylic acids is 1. The molecule has 0 unspecified atom stereocenters. The van der Waals surface area contributed by atoms with Crippen LogP contribution in [0, 0.1) is 11.3 Å². The lowest BCUT2D eigenvalue weighted by Crippen LogP contribution is -2.13. The minimum atomic E-state index is -0.435. The number of halogens is 3. The topological polar surface area (TPSA) is 65.8 Å². The first-order valence-corrected chi connectivity index (χ1v) is 6.88. The summed E-state index contributed by atoms with van der Waals surface area (Å²) in [6.07, 6.45) is 1.49. The van der Waals surface area contributed by atoms with Gasteiger partial charge >= 0.3 is 0 Å². The monoisotopic (exact) mass is 369 g/mol. The summed E-state index contributed by atoms with van der Waals surface area (Å²) in [4.78, 5) is 16.0. The van der Waals surface area contributed by atoms with Crippen molar-refractivity contribution < 1.29 is 4.79 Å². The standard InChI is InChI=1S/C13H6BrCl2N3O/c14-8-4-9(12(16)18-6-8)13(20)19-11-2-1-7(5-17)3-10(11)15/h1-4,6H,(H,19,20). The lowest BCUT2D eigenvalue weighted by atomic mass is 10.2. The molecule has 20 heavy (non-hydrogen) atoms. The maximum absolute atomic E-state index is 12.1. The highest BCUT2D eigenvalue weighted by Gasteiger charge is 2.14. The Morgan fingerprint density at radius 2 is 2.10 bits per heavy atom. The van der Waals surface area contributed by atoms with Crippen LogP contribution in [0.25, 0.3) is 0 Å². The van der Waals surface area contributed by atoms with Crippen molar-refractivity contribution in [2.45, 2.75) is 0 Å². The van der Waals surface area contributed by atoms with Gasteiger partial charge in [0, 0.05) is 10.7 Å². The molecule has 0 fully saturated rings. The summed E-state index contributed by atoms with van der Waals surface area (Å²) >= 11 is 15.1. The van der Waals surface area contributed by atoms with E-state index in [9.17, 15) is 4.79 Å². The Balaban J connectivity index is 2.28. The molecule has 1 amide bonds. The summed E-state index contributed by atoms with van der Waals surface area (Å²) in [6, 6.07) is 8.10. The van der Waals surface area contributed by atoms with Gasteiger partial charge in [-0.05, 0) is 40.2 Å². The molecule has 1 aromatic carbocycles. The SMILES string of the molecule is N#Cc1ccc(NC(=O)c2cc(Br)cnc2Cl)c(Cl)c1. The minimum absolute atomic E-state index is 0.0930. The summed E-state index contributed by atoms with van der Waals surface area (Å²) in [5.41, 5.74) is 1.03. The van der Waals surface area contributed by atoms with Crippen LogP contribution in [0.4, 0.5) is 5.69 Å². The normalized spacial score (nSPS) is 9.90. The molecule has 0 saturated heterocycles. The highest BCUT2D eigenvalue weighted by atomic mass is 79.9. The minimum Gasteiger partial charge on any atom is -0.321 e. The van der Waals surface area contributed by atoms with E-state index in [1.54, 1.807) is 18.2 Å². The van der Waals surface area contributed by atoms with Gasteiger partial charge in [0.2, 0.25) is 0 Å². The van der Waals surface area contributed by atoms with Gasteiger partial charge in [0.15, 0.2) is 0 Å². The number of nitrogens with zero attached hydrogens (tertiary/aromatic N) is 2. The summed E-state index contributed by atoms with van der Waals surface area (Å²) in [7, 11) is 0. The molecule has 0 aliphatic carbocycles. The lowest BCUT2D eigenvalue weighted by Gasteiger charge is -2.08. The number of nitrogens with one attached hydrogen (secondary N) is 1. The molecule has 2 aromatic rings. The molecule has 7 heteroatoms. The Morgan fingerprint density at radius 3 is 2.75 bits per heavy atom. The number of nitriles is 1. The fraction of sp³-hybridized carbons (Fsp3) is 0. The van der Waals surface area contributed by atoms with E-state index in [4.69, 9.17) is 28.5 Å². The number of pyridine rings is 1. The molecule has 1 aromatic heterocycles. The van der Waals surface area contributed by atoms with Gasteiger partial charge in [-0.25, -0.2) is 4.98 Å². The van der Waals surface area contributed by atoms with Gasteiger partial charge < -0.3 is 5.32 Å². The van der Waals surface area contributed by atoms with Gasteiger partial charge in [-0.3, -0.25) is 4.79 Å². The van der Waals surface area contributed by atoms with Crippen LogP contribution in [0.5, 0.6) is 0 Å². The Hall–Kier alpha value is -1.61. The Bertz CT molecular complexity index is 728. The third kappa shape index (κ3) is 3.28. The Morgan fingerprint density at radius 1 is 1.35 bits per heavy atom. The van der Waals surface area contributed by atoms with Crippen molar-refractivity contribution in [1.29, 1.82) is 5.26 Å². The van der Waals surface area contributed by atoms with Crippen molar-refractivity contribution in [3.63, 3.8) is 0 Å². The van der Waals surface area contributed by atoms with E-state index in [0.717, 1.165) is 0 Å². The largest absolute Gasteiger partial charge is 0.321 e. The number of aromatic nitrogens is 1. The first-order chi connectivity index (χ1) is 9.51. The van der Waals surface area contributed by atoms with Crippen LogP contribution in [0.3, 0.4) is 0 Å². The summed E-state index contributed by atoms with van der Waals surface area (Å²) < 4.78 is 0.637. The molecular weight excluding hydrogens is 365 g/mol. The van der Waals surface area contributed by atoms with Gasteiger partial charge in [-0.2, -0.15) is 5.26 Å². The van der Waals surface area contributed by atoms with Gasteiger partial charge in [0.25, 0.3) is 5.91 Å². The molecule has 0 aliphatic heterocycles. The molecule has 2 rings (SSSR count). The van der Waals surface area contributed by atoms with Gasteiger partial charge in [-0.1, -0.05) is 23.2 Å². The number of hydrogen-bond acceptors (Lipinski definition) is 3. The highest BCUT2D eigenvalue weighted by molar-refractivity contribution is 9.10. The van der Waals surface area contributed by atoms with Crippen molar-refractivity contribution in [2.75, 3.05) is 5.32 Å². The number of anilines is 1. The number of amides is 1. The van der Waals surface area contributed by atoms with Crippen molar-refractivity contribution in [3.8, 4) is 6.07 Å². The quantitative estimate of drug-likeness (QED) is 0.802. The van der Waals surface area contributed by atoms with Crippen LogP contribution in [-0.4, -0.2) is 10.9 Å². The van der Waals surface area contributed by atoms with Crippen LogP contribution in [0.15, 0.2) is 34.9 Å². The number of carbonyl (C=O) groups is 1. The number of hydrogen-bond donors (Lipinski definition) is 1. The summed E-state index contributed by atoms with van der Waals surface area (Å²) in [6.45, 7) is 0. The molecule has 0 saturated carbocycles. The first kappa shape index (κ1) is 14.8. The molecule has 1 heterocycles. The van der Waals surface area contributed by atoms with Gasteiger partial charge in [0.05, 0.1) is 27.9 Å². The van der Waals surface area contributed by atoms with Crippen LogP contribution in [0.2, 0.25) is 10.2 Å². The lowest BCUT2D eigenvalue weighted by molar-refractivity contribution is 0.102. The number of benzene rings is 1. The average molecular weight is 371 g/mol. The summed E-state index contributed by atoms with van der Waals surface area (Å²) in [5.74, 6) is -0.435. The second-order valence-corrected chi connectivity index (χ2v) is 5.43. The Labute approximate surface area is 133 Å². The zero-order valence-electron chi connectivity index (χ0n) is 9.82. The predicted molar refractivity (Wildman–Crippen MR) is 81.1 cm³/mol. The van der Waals surface area contributed by atoms with E-state index in [1.807, 2.05) is 6.07 Å². The molecule has 0 aliphatic rings. The van der Waals surface area contributed by atoms with Crippen molar-refractivity contribution in [2.24, 2.45) is 0 Å². The second kappa shape index (κ2) is 6.23. The fourth-order valence-corrected chi connectivity index (χ4v) is 2.21. The van der Waals surface area contributed by atoms with Crippen LogP contribution >= 0.6 is 39.1 Å². The summed E-state index contributed by atoms with van der Waals surface area (Å²) in [5, 5.41) is 11.7. The molecule has 1 N–H and O–H groups in total. The van der Waals surface area contributed by atoms with E-state index < -0.39 is 5.91 Å². The number of rotatable bonds is 2. The van der Waals surface area contributed by atoms with E-state index in [0.29, 0.717) is 15.7 Å². The van der Waals surface area contributed by atoms with E-state index in [2.05, 4.69) is 26.2 Å². The molecule has 0 radical (unpaired) electrons. The van der Waals surface area contributed by atoms with E-state index in [1.165, 1.54) is 12.3 Å². The first-order valence-electron chi connectivity index (χ1n) is 5.33. The molecule has 0 spiro atoms. The molecule has 0 bridgehead atoms. The van der Waals surface area contributed by atoms with Crippen LogP contribution in [-0.2, 0) is 0 Å². The zero-order valence-corrected chi connectivity index (χ0v) is 12.9.